The number of aryl methyl sites for hydroxylation is 1. The van der Waals surface area contributed by atoms with E-state index < -0.39 is 0 Å². The topological polar surface area (TPSA) is 89.1 Å². The van der Waals surface area contributed by atoms with Crippen LogP contribution in [0.25, 0.3) is 16.8 Å². The number of imidazole rings is 1. The molecule has 4 aromatic rings. The second kappa shape index (κ2) is 10.4. The SMILES string of the molecule is Cc1cn(-c2cc(CN3CCCC(N)C3)cc(NC(=O)c3cc(-c4ccc(F)cc4)ccn3)c2)cn1. The fourth-order valence-electron chi connectivity index (χ4n) is 4.61. The van der Waals surface area contributed by atoms with Crippen molar-refractivity contribution in [3.63, 3.8) is 0 Å². The van der Waals surface area contributed by atoms with Crippen molar-refractivity contribution >= 4 is 11.6 Å². The molecule has 1 atom stereocenters. The first kappa shape index (κ1) is 23.8. The van der Waals surface area contributed by atoms with Gasteiger partial charge in [-0.1, -0.05) is 12.1 Å². The zero-order valence-electron chi connectivity index (χ0n) is 20.2. The number of carbonyl (C=O) groups excluding carboxylic acids is 1. The van der Waals surface area contributed by atoms with Crippen LogP contribution in [0.1, 0.15) is 34.6 Å². The summed E-state index contributed by atoms with van der Waals surface area (Å²) in [6, 6.07) is 15.9. The number of pyridine rings is 1. The number of benzene rings is 2. The number of nitrogens with two attached hydrogens (primary N) is 1. The van der Waals surface area contributed by atoms with Crippen molar-refractivity contribution in [1.82, 2.24) is 19.4 Å². The molecule has 1 aliphatic rings. The molecule has 184 valence electrons. The fraction of sp³-hybridized carbons (Fsp3) is 0.250. The lowest BCUT2D eigenvalue weighted by Gasteiger charge is -2.30. The highest BCUT2D eigenvalue weighted by Crippen LogP contribution is 2.24. The molecule has 1 saturated heterocycles. The highest BCUT2D eigenvalue weighted by Gasteiger charge is 2.18. The van der Waals surface area contributed by atoms with E-state index >= 15 is 0 Å². The van der Waals surface area contributed by atoms with E-state index in [0.29, 0.717) is 5.69 Å². The summed E-state index contributed by atoms with van der Waals surface area (Å²) in [4.78, 5) is 24.1. The van der Waals surface area contributed by atoms with Gasteiger partial charge in [-0.05, 0) is 85.5 Å². The van der Waals surface area contributed by atoms with Gasteiger partial charge in [0.1, 0.15) is 11.5 Å². The summed E-state index contributed by atoms with van der Waals surface area (Å²) < 4.78 is 15.3. The number of rotatable bonds is 6. The van der Waals surface area contributed by atoms with Crippen molar-refractivity contribution in [3.8, 4) is 16.8 Å². The molecule has 1 amide bonds. The van der Waals surface area contributed by atoms with Crippen LogP contribution in [0.4, 0.5) is 10.1 Å². The Morgan fingerprint density at radius 3 is 2.69 bits per heavy atom. The number of amides is 1. The third kappa shape index (κ3) is 5.67. The fourth-order valence-corrected chi connectivity index (χ4v) is 4.61. The number of carbonyl (C=O) groups is 1. The molecule has 8 heteroatoms. The van der Waals surface area contributed by atoms with Gasteiger partial charge in [-0.25, -0.2) is 9.37 Å². The summed E-state index contributed by atoms with van der Waals surface area (Å²) >= 11 is 0. The van der Waals surface area contributed by atoms with Crippen LogP contribution in [0.3, 0.4) is 0 Å². The highest BCUT2D eigenvalue weighted by atomic mass is 19.1. The van der Waals surface area contributed by atoms with Crippen molar-refractivity contribution in [3.05, 3.63) is 96.1 Å². The Labute approximate surface area is 209 Å². The first-order chi connectivity index (χ1) is 17.4. The Kier molecular flexibility index (Phi) is 6.88. The average molecular weight is 485 g/mol. The number of nitrogens with zero attached hydrogens (tertiary/aromatic N) is 4. The second-order valence-corrected chi connectivity index (χ2v) is 9.34. The van der Waals surface area contributed by atoms with Crippen LogP contribution < -0.4 is 11.1 Å². The normalized spacial score (nSPS) is 16.1. The number of nitrogens with one attached hydrogen (secondary N) is 1. The van der Waals surface area contributed by atoms with E-state index in [0.717, 1.165) is 60.5 Å². The molecule has 2 aromatic carbocycles. The molecule has 2 aromatic heterocycles. The molecule has 7 nitrogen and oxygen atoms in total. The summed E-state index contributed by atoms with van der Waals surface area (Å²) in [6.07, 6.45) is 7.44. The van der Waals surface area contributed by atoms with Crippen LogP contribution in [-0.4, -0.2) is 44.5 Å². The number of piperidine rings is 1. The number of hydrogen-bond acceptors (Lipinski definition) is 5. The molecule has 0 spiro atoms. The minimum atomic E-state index is -0.316. The molecule has 36 heavy (non-hydrogen) atoms. The number of hydrogen-bond donors (Lipinski definition) is 2. The van der Waals surface area contributed by atoms with Gasteiger partial charge in [0.2, 0.25) is 0 Å². The molecule has 0 bridgehead atoms. The summed E-state index contributed by atoms with van der Waals surface area (Å²) in [6.45, 7) is 4.55. The van der Waals surface area contributed by atoms with Crippen molar-refractivity contribution < 1.29 is 9.18 Å². The highest BCUT2D eigenvalue weighted by molar-refractivity contribution is 6.03. The number of likely N-dealkylation sites (tertiary alicyclic amines) is 1. The quantitative estimate of drug-likeness (QED) is 0.419. The molecule has 3 N–H and O–H groups in total. The maximum Gasteiger partial charge on any atom is 0.274 e. The Hall–Kier alpha value is -3.88. The van der Waals surface area contributed by atoms with Gasteiger partial charge in [0.25, 0.3) is 5.91 Å². The van der Waals surface area contributed by atoms with E-state index in [-0.39, 0.29) is 23.5 Å². The van der Waals surface area contributed by atoms with Crippen molar-refractivity contribution in [2.75, 3.05) is 18.4 Å². The van der Waals surface area contributed by atoms with Gasteiger partial charge >= 0.3 is 0 Å². The van der Waals surface area contributed by atoms with E-state index in [2.05, 4.69) is 26.3 Å². The van der Waals surface area contributed by atoms with E-state index in [1.165, 1.54) is 12.1 Å². The molecule has 0 aliphatic carbocycles. The summed E-state index contributed by atoms with van der Waals surface area (Å²) in [5.41, 5.74) is 11.7. The Balaban J connectivity index is 1.41. The van der Waals surface area contributed by atoms with E-state index in [9.17, 15) is 9.18 Å². The van der Waals surface area contributed by atoms with Crippen LogP contribution in [0.5, 0.6) is 0 Å². The summed E-state index contributed by atoms with van der Waals surface area (Å²) in [5.74, 6) is -0.620. The first-order valence-corrected chi connectivity index (χ1v) is 12.1. The molecule has 0 saturated carbocycles. The largest absolute Gasteiger partial charge is 0.327 e. The Morgan fingerprint density at radius 1 is 1.11 bits per heavy atom. The molecule has 0 radical (unpaired) electrons. The molecule has 3 heterocycles. The van der Waals surface area contributed by atoms with E-state index in [1.54, 1.807) is 36.8 Å². The molecular formula is C28H29FN6O. The monoisotopic (exact) mass is 484 g/mol. The van der Waals surface area contributed by atoms with Crippen LogP contribution in [0, 0.1) is 12.7 Å². The summed E-state index contributed by atoms with van der Waals surface area (Å²) in [7, 11) is 0. The van der Waals surface area contributed by atoms with E-state index in [1.807, 2.05) is 29.8 Å². The number of aromatic nitrogens is 3. The number of anilines is 1. The second-order valence-electron chi connectivity index (χ2n) is 9.34. The smallest absolute Gasteiger partial charge is 0.274 e. The Morgan fingerprint density at radius 2 is 1.94 bits per heavy atom. The van der Waals surface area contributed by atoms with Gasteiger partial charge in [0.15, 0.2) is 0 Å². The zero-order valence-corrected chi connectivity index (χ0v) is 20.2. The third-order valence-electron chi connectivity index (χ3n) is 6.36. The van der Waals surface area contributed by atoms with Gasteiger partial charge in [-0.3, -0.25) is 14.7 Å². The van der Waals surface area contributed by atoms with Gasteiger partial charge in [-0.2, -0.15) is 0 Å². The van der Waals surface area contributed by atoms with Crippen LogP contribution in [-0.2, 0) is 6.54 Å². The van der Waals surface area contributed by atoms with Crippen LogP contribution >= 0.6 is 0 Å². The molecule has 1 unspecified atom stereocenters. The lowest BCUT2D eigenvalue weighted by atomic mass is 10.0. The zero-order chi connectivity index (χ0) is 25.1. The maximum atomic E-state index is 13.3. The summed E-state index contributed by atoms with van der Waals surface area (Å²) in [5, 5.41) is 3.01. The van der Waals surface area contributed by atoms with Crippen LogP contribution in [0.2, 0.25) is 0 Å². The predicted molar refractivity (Wildman–Crippen MR) is 138 cm³/mol. The van der Waals surface area contributed by atoms with Crippen molar-refractivity contribution in [2.24, 2.45) is 5.73 Å². The van der Waals surface area contributed by atoms with Gasteiger partial charge < -0.3 is 15.6 Å². The lowest BCUT2D eigenvalue weighted by molar-refractivity contribution is 0.102. The average Bonchev–Trinajstić information content (AvgIpc) is 3.31. The first-order valence-electron chi connectivity index (χ1n) is 12.1. The molecule has 1 fully saturated rings. The standard InChI is InChI=1S/C28H29FN6O/c1-19-15-35(18-32-19)26-12-20(16-34-10-2-3-24(30)17-34)11-25(14-26)33-28(36)27-13-22(8-9-31-27)21-4-6-23(29)7-5-21/h4-9,11-15,18,24H,2-3,10,16-17,30H2,1H3,(H,33,36). The van der Waals surface area contributed by atoms with Gasteiger partial charge in [-0.15, -0.1) is 0 Å². The minimum Gasteiger partial charge on any atom is -0.327 e. The number of halogens is 1. The molecule has 1 aliphatic heterocycles. The van der Waals surface area contributed by atoms with E-state index in [4.69, 9.17) is 5.73 Å². The maximum absolute atomic E-state index is 13.3. The van der Waals surface area contributed by atoms with Crippen molar-refractivity contribution in [1.29, 1.82) is 0 Å². The molecule has 5 rings (SSSR count). The predicted octanol–water partition coefficient (Wildman–Crippen LogP) is 4.56. The van der Waals surface area contributed by atoms with Gasteiger partial charge in [0.05, 0.1) is 12.0 Å². The Bertz CT molecular complexity index is 1370. The minimum absolute atomic E-state index is 0.192. The lowest BCUT2D eigenvalue weighted by Crippen LogP contribution is -2.42. The van der Waals surface area contributed by atoms with Crippen molar-refractivity contribution in [2.45, 2.75) is 32.4 Å². The molecular weight excluding hydrogens is 455 g/mol. The van der Waals surface area contributed by atoms with Crippen LogP contribution in [0.15, 0.2) is 73.3 Å². The third-order valence-corrected chi connectivity index (χ3v) is 6.36. The van der Waals surface area contributed by atoms with Gasteiger partial charge in [0, 0.05) is 42.9 Å².